The van der Waals surface area contributed by atoms with Crippen molar-refractivity contribution < 1.29 is 4.79 Å². The first-order valence-electron chi connectivity index (χ1n) is 8.62. The standard InChI is InChI=1S/C20H16N6OS/c1-13(14-5-4-7-21-12-14)19(27)26-17-11-16(15-6-2-3-8-22-15)24-18(25-17)20-23-9-10-28-20/h2-13H,1H3,(H,24,25,26,27). The Bertz CT molecular complexity index is 1070. The summed E-state index contributed by atoms with van der Waals surface area (Å²) in [5, 5.41) is 5.41. The summed E-state index contributed by atoms with van der Waals surface area (Å²) in [6.07, 6.45) is 6.76. The van der Waals surface area contributed by atoms with Crippen LogP contribution in [0.3, 0.4) is 0 Å². The fourth-order valence-corrected chi connectivity index (χ4v) is 3.17. The topological polar surface area (TPSA) is 93.6 Å². The second-order valence-electron chi connectivity index (χ2n) is 6.01. The molecule has 0 fully saturated rings. The lowest BCUT2D eigenvalue weighted by atomic mass is 10.0. The van der Waals surface area contributed by atoms with Crippen molar-refractivity contribution in [3.63, 3.8) is 0 Å². The van der Waals surface area contributed by atoms with Gasteiger partial charge >= 0.3 is 0 Å². The van der Waals surface area contributed by atoms with Crippen molar-refractivity contribution in [3.8, 4) is 22.2 Å². The predicted octanol–water partition coefficient (Wildman–Crippen LogP) is 3.80. The summed E-state index contributed by atoms with van der Waals surface area (Å²) >= 11 is 1.43. The summed E-state index contributed by atoms with van der Waals surface area (Å²) in [6, 6.07) is 11.0. The number of hydrogen-bond donors (Lipinski definition) is 1. The Morgan fingerprint density at radius 1 is 1.04 bits per heavy atom. The zero-order valence-corrected chi connectivity index (χ0v) is 15.8. The van der Waals surface area contributed by atoms with Gasteiger partial charge in [0.15, 0.2) is 10.8 Å². The van der Waals surface area contributed by atoms with Gasteiger partial charge in [0.1, 0.15) is 5.82 Å². The molecule has 0 aliphatic rings. The minimum absolute atomic E-state index is 0.177. The van der Waals surface area contributed by atoms with Crippen LogP contribution in [0.15, 0.2) is 66.6 Å². The van der Waals surface area contributed by atoms with E-state index in [9.17, 15) is 4.79 Å². The minimum Gasteiger partial charge on any atom is -0.310 e. The monoisotopic (exact) mass is 388 g/mol. The number of amides is 1. The summed E-state index contributed by atoms with van der Waals surface area (Å²) in [4.78, 5) is 34.5. The summed E-state index contributed by atoms with van der Waals surface area (Å²) in [5.74, 6) is 0.304. The maximum Gasteiger partial charge on any atom is 0.232 e. The molecular formula is C20H16N6OS. The third-order valence-corrected chi connectivity index (χ3v) is 4.88. The van der Waals surface area contributed by atoms with Crippen LogP contribution in [-0.2, 0) is 4.79 Å². The maximum absolute atomic E-state index is 12.7. The number of rotatable bonds is 5. The molecule has 0 spiro atoms. The molecule has 8 heteroatoms. The van der Waals surface area contributed by atoms with Gasteiger partial charge in [-0.15, -0.1) is 11.3 Å². The van der Waals surface area contributed by atoms with E-state index < -0.39 is 0 Å². The summed E-state index contributed by atoms with van der Waals surface area (Å²) in [5.41, 5.74) is 2.14. The molecule has 0 aromatic carbocycles. The zero-order chi connectivity index (χ0) is 19.3. The van der Waals surface area contributed by atoms with E-state index in [1.807, 2.05) is 42.6 Å². The molecule has 0 bridgehead atoms. The number of pyridine rings is 2. The third kappa shape index (κ3) is 3.91. The first kappa shape index (κ1) is 17.9. The first-order chi connectivity index (χ1) is 13.7. The van der Waals surface area contributed by atoms with Crippen molar-refractivity contribution in [2.75, 3.05) is 5.32 Å². The van der Waals surface area contributed by atoms with E-state index in [0.717, 1.165) is 5.56 Å². The fraction of sp³-hybridized carbons (Fsp3) is 0.100. The number of nitrogens with zero attached hydrogens (tertiary/aromatic N) is 5. The number of carbonyl (C=O) groups excluding carboxylic acids is 1. The molecular weight excluding hydrogens is 372 g/mol. The molecule has 1 amide bonds. The van der Waals surface area contributed by atoms with E-state index in [1.165, 1.54) is 11.3 Å². The van der Waals surface area contributed by atoms with Crippen LogP contribution in [0.1, 0.15) is 18.4 Å². The summed E-state index contributed by atoms with van der Waals surface area (Å²) in [7, 11) is 0. The first-order valence-corrected chi connectivity index (χ1v) is 9.50. The van der Waals surface area contributed by atoms with E-state index in [0.29, 0.717) is 28.0 Å². The highest BCUT2D eigenvalue weighted by Gasteiger charge is 2.18. The summed E-state index contributed by atoms with van der Waals surface area (Å²) < 4.78 is 0. The molecule has 4 rings (SSSR count). The number of nitrogens with one attached hydrogen (secondary N) is 1. The van der Waals surface area contributed by atoms with Gasteiger partial charge in [-0.3, -0.25) is 14.8 Å². The Balaban J connectivity index is 1.68. The van der Waals surface area contributed by atoms with Gasteiger partial charge in [0.2, 0.25) is 5.91 Å². The molecule has 138 valence electrons. The minimum atomic E-state index is -0.370. The molecule has 0 aliphatic carbocycles. The summed E-state index contributed by atoms with van der Waals surface area (Å²) in [6.45, 7) is 1.83. The molecule has 1 atom stereocenters. The number of anilines is 1. The molecule has 0 saturated carbocycles. The Kier molecular flexibility index (Phi) is 5.11. The van der Waals surface area contributed by atoms with E-state index >= 15 is 0 Å². The molecule has 4 aromatic rings. The highest BCUT2D eigenvalue weighted by molar-refractivity contribution is 7.13. The van der Waals surface area contributed by atoms with Gasteiger partial charge in [-0.05, 0) is 30.7 Å². The molecule has 4 aromatic heterocycles. The van der Waals surface area contributed by atoms with Crippen molar-refractivity contribution >= 4 is 23.1 Å². The van der Waals surface area contributed by atoms with Crippen LogP contribution in [0.5, 0.6) is 0 Å². The van der Waals surface area contributed by atoms with Crippen LogP contribution in [0.4, 0.5) is 5.82 Å². The third-order valence-electron chi connectivity index (χ3n) is 4.11. The van der Waals surface area contributed by atoms with E-state index in [2.05, 4.69) is 30.2 Å². The lowest BCUT2D eigenvalue weighted by Gasteiger charge is -2.13. The second kappa shape index (κ2) is 8.01. The molecule has 1 unspecified atom stereocenters. The van der Waals surface area contributed by atoms with Gasteiger partial charge in [-0.25, -0.2) is 15.0 Å². The van der Waals surface area contributed by atoms with Gasteiger partial charge in [0, 0.05) is 36.2 Å². The SMILES string of the molecule is CC(C(=O)Nc1cc(-c2ccccn2)nc(-c2nccs2)n1)c1cccnc1. The van der Waals surface area contributed by atoms with Gasteiger partial charge in [-0.2, -0.15) is 0 Å². The Hall–Kier alpha value is -3.52. The van der Waals surface area contributed by atoms with Crippen molar-refractivity contribution in [1.82, 2.24) is 24.9 Å². The highest BCUT2D eigenvalue weighted by atomic mass is 32.1. The van der Waals surface area contributed by atoms with Crippen molar-refractivity contribution in [3.05, 3.63) is 72.1 Å². The number of carbonyl (C=O) groups is 1. The molecule has 7 nitrogen and oxygen atoms in total. The number of thiazole rings is 1. The predicted molar refractivity (Wildman–Crippen MR) is 108 cm³/mol. The van der Waals surface area contributed by atoms with Gasteiger partial charge in [0.25, 0.3) is 0 Å². The number of aromatic nitrogens is 5. The van der Waals surface area contributed by atoms with Crippen LogP contribution in [-0.4, -0.2) is 30.8 Å². The molecule has 0 saturated heterocycles. The molecule has 4 heterocycles. The van der Waals surface area contributed by atoms with Crippen LogP contribution in [0.2, 0.25) is 0 Å². The van der Waals surface area contributed by atoms with Gasteiger partial charge in [-0.1, -0.05) is 12.1 Å². The zero-order valence-electron chi connectivity index (χ0n) is 15.0. The van der Waals surface area contributed by atoms with Crippen LogP contribution < -0.4 is 5.32 Å². The normalized spacial score (nSPS) is 11.8. The molecule has 28 heavy (non-hydrogen) atoms. The van der Waals surface area contributed by atoms with E-state index in [1.54, 1.807) is 30.9 Å². The quantitative estimate of drug-likeness (QED) is 0.559. The number of hydrogen-bond acceptors (Lipinski definition) is 7. The average molecular weight is 388 g/mol. The van der Waals surface area contributed by atoms with Crippen molar-refractivity contribution in [1.29, 1.82) is 0 Å². The van der Waals surface area contributed by atoms with Crippen molar-refractivity contribution in [2.24, 2.45) is 0 Å². The highest BCUT2D eigenvalue weighted by Crippen LogP contribution is 2.25. The Morgan fingerprint density at radius 2 is 1.96 bits per heavy atom. The van der Waals surface area contributed by atoms with Gasteiger partial charge in [0.05, 0.1) is 17.3 Å². The largest absolute Gasteiger partial charge is 0.310 e. The average Bonchev–Trinajstić information content (AvgIpc) is 3.29. The molecule has 0 radical (unpaired) electrons. The van der Waals surface area contributed by atoms with E-state index in [-0.39, 0.29) is 11.8 Å². The van der Waals surface area contributed by atoms with Crippen LogP contribution in [0, 0.1) is 0 Å². The Labute approximate surface area is 165 Å². The van der Waals surface area contributed by atoms with E-state index in [4.69, 9.17) is 0 Å². The van der Waals surface area contributed by atoms with Crippen LogP contribution in [0.25, 0.3) is 22.2 Å². The smallest absolute Gasteiger partial charge is 0.232 e. The molecule has 1 N–H and O–H groups in total. The van der Waals surface area contributed by atoms with Crippen molar-refractivity contribution in [2.45, 2.75) is 12.8 Å². The maximum atomic E-state index is 12.7. The van der Waals surface area contributed by atoms with Gasteiger partial charge < -0.3 is 5.32 Å². The lowest BCUT2D eigenvalue weighted by Crippen LogP contribution is -2.20. The second-order valence-corrected chi connectivity index (χ2v) is 6.91. The fourth-order valence-electron chi connectivity index (χ4n) is 2.60. The Morgan fingerprint density at radius 3 is 2.68 bits per heavy atom. The lowest BCUT2D eigenvalue weighted by molar-refractivity contribution is -0.117. The molecule has 0 aliphatic heterocycles. The van der Waals surface area contributed by atoms with Crippen LogP contribution >= 0.6 is 11.3 Å².